The molecule has 0 bridgehead atoms. The van der Waals surface area contributed by atoms with Crippen molar-refractivity contribution in [2.75, 3.05) is 0 Å². The Morgan fingerprint density at radius 3 is 2.68 bits per heavy atom. The Morgan fingerprint density at radius 2 is 2.00 bits per heavy atom. The lowest BCUT2D eigenvalue weighted by atomic mass is 9.85. The molecule has 0 radical (unpaired) electrons. The molecule has 1 fully saturated rings. The lowest BCUT2D eigenvalue weighted by Gasteiger charge is -2.21. The monoisotopic (exact) mass is 346 g/mol. The van der Waals surface area contributed by atoms with Crippen molar-refractivity contribution in [2.45, 2.75) is 44.9 Å². The highest BCUT2D eigenvalue weighted by molar-refractivity contribution is 9.10. The molecule has 0 spiro atoms. The molecule has 0 aliphatic heterocycles. The van der Waals surface area contributed by atoms with E-state index in [0.29, 0.717) is 16.8 Å². The van der Waals surface area contributed by atoms with E-state index in [-0.39, 0.29) is 16.4 Å². The lowest BCUT2D eigenvalue weighted by molar-refractivity contribution is 0.0966. The van der Waals surface area contributed by atoms with Gasteiger partial charge in [-0.25, -0.2) is 4.39 Å². The molecule has 1 aromatic carbocycles. The van der Waals surface area contributed by atoms with Gasteiger partial charge in [-0.2, -0.15) is 0 Å². The van der Waals surface area contributed by atoms with Gasteiger partial charge in [-0.05, 0) is 40.4 Å². The number of rotatable bonds is 4. The van der Waals surface area contributed by atoms with Crippen molar-refractivity contribution < 1.29 is 9.18 Å². The molecular weight excluding hydrogens is 331 g/mol. The van der Waals surface area contributed by atoms with Gasteiger partial charge in [-0.1, -0.05) is 43.7 Å². The fraction of sp³-hybridized carbons (Fsp3) is 0.533. The quantitative estimate of drug-likeness (QED) is 0.498. The van der Waals surface area contributed by atoms with Crippen LogP contribution in [0.2, 0.25) is 5.02 Å². The first-order valence-electron chi connectivity index (χ1n) is 6.76. The molecule has 1 aliphatic rings. The zero-order valence-electron chi connectivity index (χ0n) is 10.7. The zero-order valence-corrected chi connectivity index (χ0v) is 13.1. The average molecular weight is 348 g/mol. The Morgan fingerprint density at radius 1 is 1.32 bits per heavy atom. The maximum atomic E-state index is 13.9. The molecule has 0 aromatic heterocycles. The average Bonchev–Trinajstić information content (AvgIpc) is 2.43. The van der Waals surface area contributed by atoms with Crippen LogP contribution in [0.3, 0.4) is 0 Å². The minimum absolute atomic E-state index is 0.0106. The summed E-state index contributed by atoms with van der Waals surface area (Å²) in [5, 5.41) is -0.0106. The molecule has 0 amide bonds. The van der Waals surface area contributed by atoms with E-state index < -0.39 is 5.82 Å². The number of Topliss-reactive ketones (excluding diaryl/α,β-unsaturated/α-hetero) is 1. The summed E-state index contributed by atoms with van der Waals surface area (Å²) in [7, 11) is 0. The van der Waals surface area contributed by atoms with Gasteiger partial charge >= 0.3 is 0 Å². The van der Waals surface area contributed by atoms with Crippen molar-refractivity contribution in [1.82, 2.24) is 0 Å². The van der Waals surface area contributed by atoms with Crippen molar-refractivity contribution in [3.8, 4) is 0 Å². The van der Waals surface area contributed by atoms with Gasteiger partial charge in [-0.3, -0.25) is 4.79 Å². The van der Waals surface area contributed by atoms with Crippen molar-refractivity contribution >= 4 is 33.3 Å². The fourth-order valence-electron chi connectivity index (χ4n) is 2.69. The third kappa shape index (κ3) is 3.79. The van der Waals surface area contributed by atoms with Gasteiger partial charge in [0.2, 0.25) is 0 Å². The van der Waals surface area contributed by atoms with Gasteiger partial charge in [0.15, 0.2) is 11.6 Å². The third-order valence-corrected chi connectivity index (χ3v) is 5.10. The molecule has 0 saturated heterocycles. The van der Waals surface area contributed by atoms with Crippen molar-refractivity contribution in [3.63, 3.8) is 0 Å². The van der Waals surface area contributed by atoms with E-state index in [0.717, 1.165) is 6.42 Å². The largest absolute Gasteiger partial charge is 0.294 e. The summed E-state index contributed by atoms with van der Waals surface area (Å²) < 4.78 is 14.4. The molecule has 0 heterocycles. The van der Waals surface area contributed by atoms with Crippen LogP contribution in [0.25, 0.3) is 0 Å². The van der Waals surface area contributed by atoms with Crippen LogP contribution in [0.5, 0.6) is 0 Å². The molecular formula is C15H17BrClFO. The van der Waals surface area contributed by atoms with Crippen LogP contribution in [0.4, 0.5) is 4.39 Å². The first-order valence-corrected chi connectivity index (χ1v) is 7.93. The van der Waals surface area contributed by atoms with E-state index in [2.05, 4.69) is 15.9 Å². The molecule has 1 aliphatic carbocycles. The van der Waals surface area contributed by atoms with Gasteiger partial charge < -0.3 is 0 Å². The SMILES string of the molecule is O=C(CCC1CCCCC1)c1ccc(Br)c(Cl)c1F. The van der Waals surface area contributed by atoms with Crippen molar-refractivity contribution in [1.29, 1.82) is 0 Å². The number of carbonyl (C=O) groups excluding carboxylic acids is 1. The molecule has 1 aromatic rings. The van der Waals surface area contributed by atoms with E-state index in [1.165, 1.54) is 38.2 Å². The van der Waals surface area contributed by atoms with E-state index in [4.69, 9.17) is 11.6 Å². The Balaban J connectivity index is 1.98. The number of hydrogen-bond donors (Lipinski definition) is 0. The number of halogens is 3. The molecule has 0 unspecified atom stereocenters. The Kier molecular flexibility index (Phi) is 5.40. The van der Waals surface area contributed by atoms with Crippen LogP contribution in [0, 0.1) is 11.7 Å². The van der Waals surface area contributed by atoms with Crippen LogP contribution >= 0.6 is 27.5 Å². The summed E-state index contributed by atoms with van der Waals surface area (Å²) in [6.45, 7) is 0. The van der Waals surface area contributed by atoms with Gasteiger partial charge in [-0.15, -0.1) is 0 Å². The molecule has 1 saturated carbocycles. The number of carbonyl (C=O) groups is 1. The van der Waals surface area contributed by atoms with Crippen LogP contribution in [0.1, 0.15) is 55.3 Å². The second kappa shape index (κ2) is 6.85. The second-order valence-electron chi connectivity index (χ2n) is 5.19. The number of ketones is 1. The van der Waals surface area contributed by atoms with Gasteiger partial charge in [0.05, 0.1) is 10.6 Å². The van der Waals surface area contributed by atoms with Crippen molar-refractivity contribution in [3.05, 3.63) is 33.0 Å². The first kappa shape index (κ1) is 15.0. The van der Waals surface area contributed by atoms with Gasteiger partial charge in [0.25, 0.3) is 0 Å². The smallest absolute Gasteiger partial charge is 0.165 e. The summed E-state index contributed by atoms with van der Waals surface area (Å²) in [5.41, 5.74) is 0.115. The summed E-state index contributed by atoms with van der Waals surface area (Å²) in [6.07, 6.45) is 7.52. The minimum atomic E-state index is -0.607. The Hall–Kier alpha value is -0.410. The normalized spacial score (nSPS) is 16.6. The minimum Gasteiger partial charge on any atom is -0.294 e. The second-order valence-corrected chi connectivity index (χ2v) is 6.42. The highest BCUT2D eigenvalue weighted by Gasteiger charge is 2.19. The van der Waals surface area contributed by atoms with Gasteiger partial charge in [0.1, 0.15) is 0 Å². The van der Waals surface area contributed by atoms with E-state index in [1.54, 1.807) is 6.07 Å². The topological polar surface area (TPSA) is 17.1 Å². The standard InChI is InChI=1S/C15H17BrClFO/c16-12-8-7-11(15(18)14(12)17)13(19)9-6-10-4-2-1-3-5-10/h7-8,10H,1-6,9H2. The molecule has 2 rings (SSSR count). The predicted molar refractivity (Wildman–Crippen MR) is 79.2 cm³/mol. The van der Waals surface area contributed by atoms with Gasteiger partial charge in [0, 0.05) is 10.9 Å². The number of hydrogen-bond acceptors (Lipinski definition) is 1. The maximum absolute atomic E-state index is 13.9. The molecule has 104 valence electrons. The fourth-order valence-corrected chi connectivity index (χ4v) is 3.16. The number of benzene rings is 1. The summed E-state index contributed by atoms with van der Waals surface area (Å²) >= 11 is 8.95. The summed E-state index contributed by atoms with van der Waals surface area (Å²) in [4.78, 5) is 12.1. The van der Waals surface area contributed by atoms with Crippen LogP contribution in [-0.2, 0) is 0 Å². The van der Waals surface area contributed by atoms with E-state index >= 15 is 0 Å². The maximum Gasteiger partial charge on any atom is 0.165 e. The third-order valence-electron chi connectivity index (χ3n) is 3.84. The van der Waals surface area contributed by atoms with Crippen LogP contribution in [0.15, 0.2) is 16.6 Å². The lowest BCUT2D eigenvalue weighted by Crippen LogP contribution is -2.10. The molecule has 0 N–H and O–H groups in total. The summed E-state index contributed by atoms with van der Waals surface area (Å²) in [6, 6.07) is 3.13. The van der Waals surface area contributed by atoms with Crippen molar-refractivity contribution in [2.24, 2.45) is 5.92 Å². The van der Waals surface area contributed by atoms with E-state index in [9.17, 15) is 9.18 Å². The highest BCUT2D eigenvalue weighted by Crippen LogP contribution is 2.30. The first-order chi connectivity index (χ1) is 9.09. The predicted octanol–water partition coefficient (Wildman–Crippen LogP) is 5.78. The Labute approximate surface area is 126 Å². The summed E-state index contributed by atoms with van der Waals surface area (Å²) in [5.74, 6) is -0.117. The molecule has 4 heteroatoms. The molecule has 1 nitrogen and oxygen atoms in total. The van der Waals surface area contributed by atoms with Crippen LogP contribution < -0.4 is 0 Å². The zero-order chi connectivity index (χ0) is 13.8. The molecule has 19 heavy (non-hydrogen) atoms. The Bertz CT molecular complexity index is 469. The highest BCUT2D eigenvalue weighted by atomic mass is 79.9. The van der Waals surface area contributed by atoms with E-state index in [1.807, 2.05) is 0 Å². The molecule has 0 atom stereocenters. The van der Waals surface area contributed by atoms with Crippen LogP contribution in [-0.4, -0.2) is 5.78 Å².